The van der Waals surface area contributed by atoms with Gasteiger partial charge in [0.05, 0.1) is 31.2 Å². The number of rotatable bonds is 5. The van der Waals surface area contributed by atoms with Gasteiger partial charge in [-0.05, 0) is 49.6 Å². The fourth-order valence-corrected chi connectivity index (χ4v) is 3.72. The third-order valence-corrected chi connectivity index (χ3v) is 5.06. The van der Waals surface area contributed by atoms with E-state index in [9.17, 15) is 4.79 Å². The van der Waals surface area contributed by atoms with Gasteiger partial charge in [0.15, 0.2) is 0 Å². The largest absolute Gasteiger partial charge is 0.468 e. The molecule has 25 heavy (non-hydrogen) atoms. The molecule has 0 aliphatic carbocycles. The van der Waals surface area contributed by atoms with Gasteiger partial charge in [0.1, 0.15) is 11.9 Å². The normalized spacial score (nSPS) is 26.3. The summed E-state index contributed by atoms with van der Waals surface area (Å²) < 4.78 is 11.5. The number of carbonyl (C=O) groups is 1. The molecular formula is C19H23N3O3. The van der Waals surface area contributed by atoms with Crippen LogP contribution in [0.15, 0.2) is 47.2 Å². The van der Waals surface area contributed by atoms with Crippen LogP contribution in [-0.4, -0.2) is 41.1 Å². The smallest absolute Gasteiger partial charge is 0.249 e. The summed E-state index contributed by atoms with van der Waals surface area (Å²) in [7, 11) is 0. The van der Waals surface area contributed by atoms with Crippen LogP contribution in [0.4, 0.5) is 0 Å². The number of hydrogen-bond donors (Lipinski definition) is 1. The zero-order chi connectivity index (χ0) is 17.1. The van der Waals surface area contributed by atoms with Gasteiger partial charge in [-0.3, -0.25) is 14.7 Å². The van der Waals surface area contributed by atoms with E-state index in [0.717, 1.165) is 43.9 Å². The number of nitrogens with zero attached hydrogens (tertiary/aromatic N) is 2. The summed E-state index contributed by atoms with van der Waals surface area (Å²) in [5.74, 6) is 1.41. The second-order valence-corrected chi connectivity index (χ2v) is 6.80. The molecule has 0 saturated carbocycles. The average Bonchev–Trinajstić information content (AvgIpc) is 3.30. The van der Waals surface area contributed by atoms with Gasteiger partial charge in [0.2, 0.25) is 5.91 Å². The first kappa shape index (κ1) is 16.3. The van der Waals surface area contributed by atoms with Crippen LogP contribution in [0.3, 0.4) is 0 Å². The van der Waals surface area contributed by atoms with E-state index in [-0.39, 0.29) is 18.1 Å². The Bertz CT molecular complexity index is 689. The van der Waals surface area contributed by atoms with Gasteiger partial charge >= 0.3 is 0 Å². The van der Waals surface area contributed by atoms with Crippen LogP contribution in [0.2, 0.25) is 0 Å². The van der Waals surface area contributed by atoms with Crippen LogP contribution in [-0.2, 0) is 22.6 Å². The van der Waals surface area contributed by atoms with Crippen molar-refractivity contribution in [2.45, 2.75) is 38.1 Å². The maximum atomic E-state index is 12.4. The quantitative estimate of drug-likeness (QED) is 0.901. The second kappa shape index (κ2) is 7.37. The lowest BCUT2D eigenvalue weighted by Crippen LogP contribution is -2.42. The molecule has 6 nitrogen and oxygen atoms in total. The molecule has 2 aliphatic rings. The zero-order valence-electron chi connectivity index (χ0n) is 14.1. The monoisotopic (exact) mass is 341 g/mol. The number of pyridine rings is 1. The van der Waals surface area contributed by atoms with Crippen LogP contribution < -0.4 is 5.32 Å². The molecule has 2 aromatic rings. The highest BCUT2D eigenvalue weighted by Gasteiger charge is 2.41. The molecule has 4 rings (SSSR count). The Morgan fingerprint density at radius 2 is 2.28 bits per heavy atom. The summed E-state index contributed by atoms with van der Waals surface area (Å²) in [6.07, 6.45) is 5.10. The van der Waals surface area contributed by atoms with Gasteiger partial charge in [-0.1, -0.05) is 6.07 Å². The minimum atomic E-state index is -0.345. The van der Waals surface area contributed by atoms with E-state index in [1.54, 1.807) is 12.5 Å². The molecule has 0 spiro atoms. The lowest BCUT2D eigenvalue weighted by Gasteiger charge is -2.33. The molecule has 132 valence electrons. The van der Waals surface area contributed by atoms with E-state index in [2.05, 4.69) is 15.2 Å². The molecular weight excluding hydrogens is 318 g/mol. The highest BCUT2D eigenvalue weighted by molar-refractivity contribution is 5.81. The van der Waals surface area contributed by atoms with Crippen LogP contribution in [0.1, 0.15) is 24.3 Å². The molecule has 0 radical (unpaired) electrons. The molecule has 4 heterocycles. The number of fused-ring (bicyclic) bond motifs is 1. The summed E-state index contributed by atoms with van der Waals surface area (Å²) in [5.41, 5.74) is 0.857. The number of furan rings is 1. The molecule has 0 unspecified atom stereocenters. The Balaban J connectivity index is 1.28. The molecule has 3 atom stereocenters. The van der Waals surface area contributed by atoms with Crippen LogP contribution >= 0.6 is 0 Å². The summed E-state index contributed by atoms with van der Waals surface area (Å²) in [5, 5.41) is 2.94. The van der Waals surface area contributed by atoms with Crippen molar-refractivity contribution < 1.29 is 13.9 Å². The Hall–Kier alpha value is -2.18. The predicted molar refractivity (Wildman–Crippen MR) is 91.5 cm³/mol. The summed E-state index contributed by atoms with van der Waals surface area (Å²) in [6, 6.07) is 9.60. The highest BCUT2D eigenvalue weighted by Crippen LogP contribution is 2.33. The molecule has 2 aromatic heterocycles. The number of aromatic nitrogens is 1. The Morgan fingerprint density at radius 1 is 1.32 bits per heavy atom. The first-order valence-corrected chi connectivity index (χ1v) is 8.86. The van der Waals surface area contributed by atoms with Crippen molar-refractivity contribution in [2.24, 2.45) is 5.92 Å². The number of ether oxygens (including phenoxy) is 1. The fraction of sp³-hybridized carbons (Fsp3) is 0.474. The van der Waals surface area contributed by atoms with Crippen molar-refractivity contribution in [1.82, 2.24) is 15.2 Å². The average molecular weight is 341 g/mol. The molecule has 1 amide bonds. The lowest BCUT2D eigenvalue weighted by atomic mass is 9.91. The maximum absolute atomic E-state index is 12.4. The number of carbonyl (C=O) groups excluding carboxylic acids is 1. The first-order valence-electron chi connectivity index (χ1n) is 8.86. The zero-order valence-corrected chi connectivity index (χ0v) is 14.1. The highest BCUT2D eigenvalue weighted by atomic mass is 16.5. The van der Waals surface area contributed by atoms with E-state index in [0.29, 0.717) is 12.5 Å². The van der Waals surface area contributed by atoms with Gasteiger partial charge in [-0.2, -0.15) is 0 Å². The van der Waals surface area contributed by atoms with Crippen molar-refractivity contribution in [3.63, 3.8) is 0 Å². The third-order valence-electron chi connectivity index (χ3n) is 5.06. The summed E-state index contributed by atoms with van der Waals surface area (Å²) in [6.45, 7) is 3.12. The van der Waals surface area contributed by atoms with Crippen molar-refractivity contribution >= 4 is 5.91 Å². The van der Waals surface area contributed by atoms with Gasteiger partial charge in [-0.25, -0.2) is 0 Å². The minimum absolute atomic E-state index is 0.0300. The van der Waals surface area contributed by atoms with E-state index in [1.807, 2.05) is 30.3 Å². The lowest BCUT2D eigenvalue weighted by molar-refractivity contribution is -0.133. The van der Waals surface area contributed by atoms with Crippen LogP contribution in [0, 0.1) is 5.92 Å². The van der Waals surface area contributed by atoms with Gasteiger partial charge in [0.25, 0.3) is 0 Å². The van der Waals surface area contributed by atoms with Crippen molar-refractivity contribution in [2.75, 3.05) is 13.1 Å². The van der Waals surface area contributed by atoms with Gasteiger partial charge < -0.3 is 14.5 Å². The third kappa shape index (κ3) is 3.91. The standard InChI is InChI=1S/C19H23N3O3/c23-19(21-11-15-4-1-2-7-20-15)17-10-14-6-8-22(13-18(14)25-17)12-16-5-3-9-24-16/h1-5,7,9,14,17-18H,6,8,10-13H2,(H,21,23)/t14-,17+,18-/m1/s1. The predicted octanol–water partition coefficient (Wildman–Crippen LogP) is 1.97. The number of likely N-dealkylation sites (tertiary alicyclic amines) is 1. The molecule has 2 fully saturated rings. The molecule has 2 aliphatic heterocycles. The van der Waals surface area contributed by atoms with Crippen molar-refractivity contribution in [3.05, 3.63) is 54.2 Å². The molecule has 6 heteroatoms. The summed E-state index contributed by atoms with van der Waals surface area (Å²) in [4.78, 5) is 19.0. The number of nitrogens with one attached hydrogen (secondary N) is 1. The Labute approximate surface area is 147 Å². The maximum Gasteiger partial charge on any atom is 0.249 e. The molecule has 0 aromatic carbocycles. The topological polar surface area (TPSA) is 67.6 Å². The molecule has 1 N–H and O–H groups in total. The van der Waals surface area contributed by atoms with Gasteiger partial charge in [0, 0.05) is 12.7 Å². The van der Waals surface area contributed by atoms with Crippen LogP contribution in [0.5, 0.6) is 0 Å². The van der Waals surface area contributed by atoms with E-state index in [4.69, 9.17) is 9.15 Å². The first-order chi connectivity index (χ1) is 12.3. The summed E-state index contributed by atoms with van der Waals surface area (Å²) >= 11 is 0. The fourth-order valence-electron chi connectivity index (χ4n) is 3.72. The molecule has 2 saturated heterocycles. The number of amides is 1. The number of piperidine rings is 1. The van der Waals surface area contributed by atoms with Crippen LogP contribution in [0.25, 0.3) is 0 Å². The second-order valence-electron chi connectivity index (χ2n) is 6.80. The van der Waals surface area contributed by atoms with Crippen molar-refractivity contribution in [3.8, 4) is 0 Å². The minimum Gasteiger partial charge on any atom is -0.468 e. The van der Waals surface area contributed by atoms with Crippen molar-refractivity contribution in [1.29, 1.82) is 0 Å². The molecule has 0 bridgehead atoms. The van der Waals surface area contributed by atoms with E-state index in [1.165, 1.54) is 0 Å². The Kier molecular flexibility index (Phi) is 4.81. The van der Waals surface area contributed by atoms with Gasteiger partial charge in [-0.15, -0.1) is 0 Å². The van der Waals surface area contributed by atoms with E-state index < -0.39 is 0 Å². The Morgan fingerprint density at radius 3 is 3.08 bits per heavy atom. The number of hydrogen-bond acceptors (Lipinski definition) is 5. The SMILES string of the molecule is O=C(NCc1ccccn1)[C@@H]1C[C@H]2CCN(Cc3ccco3)C[C@H]2O1. The van der Waals surface area contributed by atoms with E-state index >= 15 is 0 Å².